The Kier molecular flexibility index (Phi) is 4.18. The number of thiazole rings is 1. The molecular formula is C16H9BrN2O2S. The molecule has 0 aliphatic heterocycles. The van der Waals surface area contributed by atoms with E-state index in [1.54, 1.807) is 30.6 Å². The van der Waals surface area contributed by atoms with Crippen molar-refractivity contribution in [2.24, 2.45) is 0 Å². The molecule has 6 heteroatoms. The number of carbonyl (C=O) groups excluding carboxylic acids is 1. The fourth-order valence-electron chi connectivity index (χ4n) is 1.89. The predicted molar refractivity (Wildman–Crippen MR) is 89.7 cm³/mol. The molecule has 0 radical (unpaired) electrons. The van der Waals surface area contributed by atoms with Gasteiger partial charge >= 0.3 is 5.97 Å². The van der Waals surface area contributed by atoms with Crippen LogP contribution in [0.1, 0.15) is 10.4 Å². The van der Waals surface area contributed by atoms with Crippen LogP contribution in [0.25, 0.3) is 20.8 Å². The van der Waals surface area contributed by atoms with Gasteiger partial charge in [-0.15, -0.1) is 17.8 Å². The lowest BCUT2D eigenvalue weighted by Crippen LogP contribution is -2.04. The van der Waals surface area contributed by atoms with Crippen molar-refractivity contribution in [3.05, 3.63) is 46.7 Å². The molecule has 3 rings (SSSR count). The Bertz CT molecular complexity index is 899. The quantitative estimate of drug-likeness (QED) is 0.516. The zero-order valence-corrected chi connectivity index (χ0v) is 13.6. The highest BCUT2D eigenvalue weighted by Gasteiger charge is 2.11. The van der Waals surface area contributed by atoms with Crippen LogP contribution >= 0.6 is 27.3 Å². The van der Waals surface area contributed by atoms with Crippen molar-refractivity contribution in [2.75, 3.05) is 6.61 Å². The maximum absolute atomic E-state index is 11.8. The minimum Gasteiger partial charge on any atom is -0.449 e. The van der Waals surface area contributed by atoms with Gasteiger partial charge in [0, 0.05) is 22.4 Å². The Morgan fingerprint density at radius 3 is 3.00 bits per heavy atom. The Morgan fingerprint density at radius 1 is 1.36 bits per heavy atom. The van der Waals surface area contributed by atoms with Gasteiger partial charge in [0.1, 0.15) is 5.01 Å². The molecule has 0 fully saturated rings. The summed E-state index contributed by atoms with van der Waals surface area (Å²) in [6.07, 6.45) is 8.55. The summed E-state index contributed by atoms with van der Waals surface area (Å²) >= 11 is 4.89. The first kappa shape index (κ1) is 14.7. The Morgan fingerprint density at radius 2 is 2.23 bits per heavy atom. The smallest absolute Gasteiger partial charge is 0.339 e. The van der Waals surface area contributed by atoms with Crippen LogP contribution in [-0.2, 0) is 4.74 Å². The zero-order chi connectivity index (χ0) is 15.5. The van der Waals surface area contributed by atoms with Crippen LogP contribution in [0, 0.1) is 12.3 Å². The number of esters is 1. The number of hydrogen-bond acceptors (Lipinski definition) is 5. The van der Waals surface area contributed by atoms with E-state index >= 15 is 0 Å². The van der Waals surface area contributed by atoms with Crippen molar-refractivity contribution in [3.63, 3.8) is 0 Å². The molecule has 2 aromatic heterocycles. The van der Waals surface area contributed by atoms with Crippen molar-refractivity contribution >= 4 is 43.5 Å². The van der Waals surface area contributed by atoms with Crippen LogP contribution in [-0.4, -0.2) is 22.5 Å². The molecule has 0 spiro atoms. The normalized spacial score (nSPS) is 10.4. The number of aromatic nitrogens is 2. The van der Waals surface area contributed by atoms with Crippen molar-refractivity contribution < 1.29 is 9.53 Å². The molecule has 0 saturated carbocycles. The van der Waals surface area contributed by atoms with E-state index in [4.69, 9.17) is 11.2 Å². The van der Waals surface area contributed by atoms with Gasteiger partial charge in [-0.1, -0.05) is 5.92 Å². The van der Waals surface area contributed by atoms with Crippen molar-refractivity contribution in [1.29, 1.82) is 0 Å². The summed E-state index contributed by atoms with van der Waals surface area (Å²) in [5, 5.41) is 0.845. The summed E-state index contributed by atoms with van der Waals surface area (Å²) in [7, 11) is 0. The standard InChI is InChI=1S/C16H9BrN2O2S/c1-2-5-21-16(20)10-3-4-13-14(7-10)22-15(19-13)11-6-12(17)9-18-8-11/h1,3-4,6-9H,5H2. The summed E-state index contributed by atoms with van der Waals surface area (Å²) in [5.41, 5.74) is 2.21. The maximum Gasteiger partial charge on any atom is 0.339 e. The topological polar surface area (TPSA) is 52.1 Å². The molecule has 0 atom stereocenters. The third-order valence-corrected chi connectivity index (χ3v) is 4.36. The molecule has 0 aliphatic carbocycles. The number of carbonyl (C=O) groups is 1. The largest absolute Gasteiger partial charge is 0.449 e. The van der Waals surface area contributed by atoms with E-state index in [9.17, 15) is 4.79 Å². The molecule has 0 bridgehead atoms. The van der Waals surface area contributed by atoms with E-state index < -0.39 is 5.97 Å². The van der Waals surface area contributed by atoms with E-state index in [1.807, 2.05) is 6.07 Å². The summed E-state index contributed by atoms with van der Waals surface area (Å²) < 4.78 is 6.73. The van der Waals surface area contributed by atoms with E-state index in [0.717, 1.165) is 25.3 Å². The van der Waals surface area contributed by atoms with Crippen LogP contribution in [0.3, 0.4) is 0 Å². The highest BCUT2D eigenvalue weighted by molar-refractivity contribution is 9.10. The monoisotopic (exact) mass is 372 g/mol. The SMILES string of the molecule is C#CCOC(=O)c1ccc2nc(-c3cncc(Br)c3)sc2c1. The van der Waals surface area contributed by atoms with Gasteiger partial charge in [-0.2, -0.15) is 0 Å². The van der Waals surface area contributed by atoms with Crippen LogP contribution in [0.4, 0.5) is 0 Å². The average molecular weight is 373 g/mol. The summed E-state index contributed by atoms with van der Waals surface area (Å²) in [5.74, 6) is 1.84. The molecule has 0 amide bonds. The first-order valence-electron chi connectivity index (χ1n) is 6.29. The Labute approximate surface area is 139 Å². The number of pyridine rings is 1. The van der Waals surface area contributed by atoms with Crippen LogP contribution < -0.4 is 0 Å². The van der Waals surface area contributed by atoms with Crippen molar-refractivity contribution in [1.82, 2.24) is 9.97 Å². The van der Waals surface area contributed by atoms with E-state index in [0.29, 0.717) is 5.56 Å². The van der Waals surface area contributed by atoms with Crippen LogP contribution in [0.15, 0.2) is 41.1 Å². The molecule has 0 unspecified atom stereocenters. The molecular weight excluding hydrogens is 364 g/mol. The minimum absolute atomic E-state index is 0.0332. The molecule has 2 heterocycles. The maximum atomic E-state index is 11.8. The fraction of sp³-hybridized carbons (Fsp3) is 0.0625. The van der Waals surface area contributed by atoms with Gasteiger partial charge in [-0.05, 0) is 40.2 Å². The lowest BCUT2D eigenvalue weighted by atomic mass is 10.2. The summed E-state index contributed by atoms with van der Waals surface area (Å²) in [6, 6.07) is 7.20. The second-order valence-corrected chi connectivity index (χ2v) is 6.32. The molecule has 0 aliphatic rings. The first-order chi connectivity index (χ1) is 10.7. The molecule has 4 nitrogen and oxygen atoms in total. The van der Waals surface area contributed by atoms with Gasteiger partial charge in [0.05, 0.1) is 15.8 Å². The molecule has 108 valence electrons. The fourth-order valence-corrected chi connectivity index (χ4v) is 3.25. The lowest BCUT2D eigenvalue weighted by molar-refractivity contribution is 0.0557. The van der Waals surface area contributed by atoms with E-state index in [1.165, 1.54) is 11.3 Å². The summed E-state index contributed by atoms with van der Waals surface area (Å²) in [6.45, 7) is -0.0332. The van der Waals surface area contributed by atoms with Gasteiger partial charge < -0.3 is 4.74 Å². The Hall–Kier alpha value is -2.23. The highest BCUT2D eigenvalue weighted by Crippen LogP contribution is 2.31. The molecule has 3 aromatic rings. The van der Waals surface area contributed by atoms with E-state index in [-0.39, 0.29) is 6.61 Å². The van der Waals surface area contributed by atoms with Gasteiger partial charge in [0.15, 0.2) is 6.61 Å². The Balaban J connectivity index is 1.97. The van der Waals surface area contributed by atoms with Crippen LogP contribution in [0.2, 0.25) is 0 Å². The van der Waals surface area contributed by atoms with Crippen molar-refractivity contribution in [2.45, 2.75) is 0 Å². The number of halogens is 1. The molecule has 0 N–H and O–H groups in total. The number of hydrogen-bond donors (Lipinski definition) is 0. The number of ether oxygens (including phenoxy) is 1. The number of benzene rings is 1. The second kappa shape index (κ2) is 6.26. The highest BCUT2D eigenvalue weighted by atomic mass is 79.9. The lowest BCUT2D eigenvalue weighted by Gasteiger charge is -2.00. The first-order valence-corrected chi connectivity index (χ1v) is 7.90. The predicted octanol–water partition coefficient (Wildman–Crippen LogP) is 3.91. The minimum atomic E-state index is -0.432. The second-order valence-electron chi connectivity index (χ2n) is 4.37. The van der Waals surface area contributed by atoms with Gasteiger partial charge in [-0.25, -0.2) is 9.78 Å². The average Bonchev–Trinajstić information content (AvgIpc) is 2.95. The third-order valence-electron chi connectivity index (χ3n) is 2.86. The van der Waals surface area contributed by atoms with Crippen LogP contribution in [0.5, 0.6) is 0 Å². The molecule has 0 saturated heterocycles. The van der Waals surface area contributed by atoms with Gasteiger partial charge in [0.25, 0.3) is 0 Å². The van der Waals surface area contributed by atoms with Gasteiger partial charge in [0.2, 0.25) is 0 Å². The van der Waals surface area contributed by atoms with E-state index in [2.05, 4.69) is 31.8 Å². The number of fused-ring (bicyclic) bond motifs is 1. The summed E-state index contributed by atoms with van der Waals surface area (Å²) in [4.78, 5) is 20.5. The zero-order valence-electron chi connectivity index (χ0n) is 11.2. The number of terminal acetylenes is 1. The number of rotatable bonds is 3. The number of nitrogens with zero attached hydrogens (tertiary/aromatic N) is 2. The van der Waals surface area contributed by atoms with Gasteiger partial charge in [-0.3, -0.25) is 4.98 Å². The third kappa shape index (κ3) is 3.01. The molecule has 1 aromatic carbocycles. The van der Waals surface area contributed by atoms with Crippen molar-refractivity contribution in [3.8, 4) is 22.9 Å². The molecule has 22 heavy (non-hydrogen) atoms.